The molecule has 1 fully saturated rings. The van der Waals surface area contributed by atoms with Crippen molar-refractivity contribution >= 4 is 11.8 Å². The lowest BCUT2D eigenvalue weighted by atomic mass is 9.98. The molecule has 0 aliphatic carbocycles. The first kappa shape index (κ1) is 14.4. The predicted octanol–water partition coefficient (Wildman–Crippen LogP) is 2.05. The number of piperazine rings is 1. The van der Waals surface area contributed by atoms with Gasteiger partial charge >= 0.3 is 0 Å². The quantitative estimate of drug-likeness (QED) is 0.894. The number of aryl methyl sites for hydroxylation is 1. The predicted molar refractivity (Wildman–Crippen MR) is 84.4 cm³/mol. The molecule has 3 rings (SSSR count). The third kappa shape index (κ3) is 3.03. The zero-order valence-electron chi connectivity index (χ0n) is 12.1. The number of rotatable bonds is 3. The minimum absolute atomic E-state index is 0.186. The Morgan fingerprint density at radius 3 is 2.90 bits per heavy atom. The second-order valence-electron chi connectivity index (χ2n) is 5.79. The fraction of sp³-hybridized carbons (Fsp3) is 0.625. The molecule has 1 saturated heterocycles. The Labute approximate surface area is 125 Å². The van der Waals surface area contributed by atoms with Crippen LogP contribution in [-0.4, -0.2) is 48.0 Å². The van der Waals surface area contributed by atoms with Crippen molar-refractivity contribution in [2.24, 2.45) is 0 Å². The van der Waals surface area contributed by atoms with E-state index in [0.717, 1.165) is 38.2 Å². The second kappa shape index (κ2) is 6.48. The van der Waals surface area contributed by atoms with Crippen LogP contribution in [-0.2, 0) is 6.42 Å². The van der Waals surface area contributed by atoms with E-state index in [-0.39, 0.29) is 12.1 Å². The van der Waals surface area contributed by atoms with Crippen molar-refractivity contribution in [3.05, 3.63) is 29.3 Å². The summed E-state index contributed by atoms with van der Waals surface area (Å²) in [6.07, 6.45) is 2.03. The van der Waals surface area contributed by atoms with Crippen molar-refractivity contribution in [2.45, 2.75) is 36.8 Å². The second-order valence-corrected chi connectivity index (χ2v) is 6.93. The van der Waals surface area contributed by atoms with Crippen molar-refractivity contribution in [2.75, 3.05) is 31.9 Å². The molecule has 2 N–H and O–H groups in total. The molecular weight excluding hydrogens is 268 g/mol. The van der Waals surface area contributed by atoms with Gasteiger partial charge in [0.1, 0.15) is 0 Å². The topological polar surface area (TPSA) is 35.5 Å². The van der Waals surface area contributed by atoms with Gasteiger partial charge in [0.15, 0.2) is 0 Å². The van der Waals surface area contributed by atoms with Crippen LogP contribution in [0.3, 0.4) is 0 Å². The fourth-order valence-electron chi connectivity index (χ4n) is 3.13. The monoisotopic (exact) mass is 292 g/mol. The van der Waals surface area contributed by atoms with Gasteiger partial charge in [-0.1, -0.05) is 12.1 Å². The van der Waals surface area contributed by atoms with E-state index in [1.165, 1.54) is 22.6 Å². The highest BCUT2D eigenvalue weighted by atomic mass is 32.2. The largest absolute Gasteiger partial charge is 0.387 e. The molecule has 1 aromatic carbocycles. The van der Waals surface area contributed by atoms with Gasteiger partial charge in [-0.3, -0.25) is 4.90 Å². The van der Waals surface area contributed by atoms with Crippen LogP contribution >= 0.6 is 11.8 Å². The third-order valence-electron chi connectivity index (χ3n) is 4.46. The molecule has 0 amide bonds. The summed E-state index contributed by atoms with van der Waals surface area (Å²) in [4.78, 5) is 3.79. The molecule has 0 bridgehead atoms. The van der Waals surface area contributed by atoms with Gasteiger partial charge in [-0.2, -0.15) is 0 Å². The molecule has 2 heterocycles. The lowest BCUT2D eigenvalue weighted by Crippen LogP contribution is -2.49. The molecule has 0 saturated carbocycles. The Morgan fingerprint density at radius 1 is 1.30 bits per heavy atom. The van der Waals surface area contributed by atoms with E-state index >= 15 is 0 Å². The molecule has 3 nitrogen and oxygen atoms in total. The Balaban J connectivity index is 1.74. The fourth-order valence-corrected chi connectivity index (χ4v) is 4.15. The molecule has 0 aromatic heterocycles. The van der Waals surface area contributed by atoms with Gasteiger partial charge in [0.05, 0.1) is 6.10 Å². The number of hydrogen-bond acceptors (Lipinski definition) is 4. The summed E-state index contributed by atoms with van der Waals surface area (Å²) in [7, 11) is 0. The first-order valence-corrected chi connectivity index (χ1v) is 8.63. The highest BCUT2D eigenvalue weighted by Crippen LogP contribution is 2.32. The average Bonchev–Trinajstić information content (AvgIpc) is 2.54. The van der Waals surface area contributed by atoms with Crippen LogP contribution in [0.4, 0.5) is 0 Å². The lowest BCUT2D eigenvalue weighted by Gasteiger charge is -2.35. The summed E-state index contributed by atoms with van der Waals surface area (Å²) in [5, 5.41) is 14.0. The molecular formula is C16H24N2OS. The number of fused-ring (bicyclic) bond motifs is 1. The number of aliphatic hydroxyl groups is 1. The first-order valence-electron chi connectivity index (χ1n) is 7.64. The number of aliphatic hydroxyl groups excluding tert-OH is 1. The Bertz CT molecular complexity index is 460. The van der Waals surface area contributed by atoms with Gasteiger partial charge in [-0.15, -0.1) is 11.8 Å². The normalized spacial score (nSPS) is 23.1. The van der Waals surface area contributed by atoms with E-state index < -0.39 is 0 Å². The zero-order valence-corrected chi connectivity index (χ0v) is 13.0. The van der Waals surface area contributed by atoms with Crippen LogP contribution in [0.15, 0.2) is 23.1 Å². The van der Waals surface area contributed by atoms with Crippen molar-refractivity contribution in [3.8, 4) is 0 Å². The average molecular weight is 292 g/mol. The summed E-state index contributed by atoms with van der Waals surface area (Å²) in [5.41, 5.74) is 2.50. The van der Waals surface area contributed by atoms with Crippen molar-refractivity contribution in [3.63, 3.8) is 0 Å². The summed E-state index contributed by atoms with van der Waals surface area (Å²) >= 11 is 1.95. The van der Waals surface area contributed by atoms with Gasteiger partial charge in [0.25, 0.3) is 0 Å². The van der Waals surface area contributed by atoms with Crippen molar-refractivity contribution in [1.29, 1.82) is 0 Å². The van der Waals surface area contributed by atoms with Crippen molar-refractivity contribution < 1.29 is 5.11 Å². The minimum atomic E-state index is -0.384. The maximum absolute atomic E-state index is 10.7. The zero-order chi connectivity index (χ0) is 13.9. The van der Waals surface area contributed by atoms with Crippen LogP contribution in [0.25, 0.3) is 0 Å². The van der Waals surface area contributed by atoms with E-state index in [2.05, 4.69) is 35.3 Å². The van der Waals surface area contributed by atoms with E-state index in [1.54, 1.807) is 0 Å². The standard InChI is InChI=1S/C16H24N2OS/c1-12(18-8-6-17-7-9-18)16(19)14-4-5-15-13(11-14)3-2-10-20-15/h4-5,11-12,16-17,19H,2-3,6-10H2,1H3. The molecule has 2 unspecified atom stereocenters. The minimum Gasteiger partial charge on any atom is -0.387 e. The Morgan fingerprint density at radius 2 is 2.10 bits per heavy atom. The van der Waals surface area contributed by atoms with Crippen LogP contribution < -0.4 is 5.32 Å². The molecule has 0 radical (unpaired) electrons. The molecule has 20 heavy (non-hydrogen) atoms. The molecule has 0 spiro atoms. The maximum Gasteiger partial charge on any atom is 0.0942 e. The number of benzene rings is 1. The smallest absolute Gasteiger partial charge is 0.0942 e. The summed E-state index contributed by atoms with van der Waals surface area (Å²) < 4.78 is 0. The van der Waals surface area contributed by atoms with Gasteiger partial charge in [0.2, 0.25) is 0 Å². The maximum atomic E-state index is 10.7. The van der Waals surface area contributed by atoms with Crippen LogP contribution in [0.5, 0.6) is 0 Å². The molecule has 110 valence electrons. The summed E-state index contributed by atoms with van der Waals surface area (Å²) in [5.74, 6) is 1.23. The van der Waals surface area contributed by atoms with Gasteiger partial charge in [0, 0.05) is 37.1 Å². The van der Waals surface area contributed by atoms with Crippen LogP contribution in [0, 0.1) is 0 Å². The number of nitrogens with zero attached hydrogens (tertiary/aromatic N) is 1. The van der Waals surface area contributed by atoms with E-state index in [0.29, 0.717) is 0 Å². The SMILES string of the molecule is CC(C(O)c1ccc2c(c1)CCCS2)N1CCNCC1. The molecule has 2 atom stereocenters. The summed E-state index contributed by atoms with van der Waals surface area (Å²) in [6.45, 7) is 6.25. The molecule has 4 heteroatoms. The number of hydrogen-bond donors (Lipinski definition) is 2. The highest BCUT2D eigenvalue weighted by Gasteiger charge is 2.25. The molecule has 1 aromatic rings. The van der Waals surface area contributed by atoms with Gasteiger partial charge in [-0.25, -0.2) is 0 Å². The van der Waals surface area contributed by atoms with E-state index in [1.807, 2.05) is 11.8 Å². The van der Waals surface area contributed by atoms with E-state index in [9.17, 15) is 5.11 Å². The van der Waals surface area contributed by atoms with Gasteiger partial charge < -0.3 is 10.4 Å². The Kier molecular flexibility index (Phi) is 4.66. The van der Waals surface area contributed by atoms with Crippen molar-refractivity contribution in [1.82, 2.24) is 10.2 Å². The Hall–Kier alpha value is -0.550. The summed E-state index contributed by atoms with van der Waals surface area (Å²) in [6, 6.07) is 6.72. The molecule has 2 aliphatic heterocycles. The van der Waals surface area contributed by atoms with Crippen LogP contribution in [0.1, 0.15) is 30.6 Å². The number of nitrogens with one attached hydrogen (secondary N) is 1. The lowest BCUT2D eigenvalue weighted by molar-refractivity contribution is 0.0509. The third-order valence-corrected chi connectivity index (χ3v) is 5.66. The first-order chi connectivity index (χ1) is 9.75. The molecule has 2 aliphatic rings. The van der Waals surface area contributed by atoms with Gasteiger partial charge in [-0.05, 0) is 42.7 Å². The highest BCUT2D eigenvalue weighted by molar-refractivity contribution is 7.99. The van der Waals surface area contributed by atoms with E-state index in [4.69, 9.17) is 0 Å². The van der Waals surface area contributed by atoms with Crippen LogP contribution in [0.2, 0.25) is 0 Å². The number of thioether (sulfide) groups is 1.